The van der Waals surface area contributed by atoms with E-state index < -0.39 is 0 Å². The van der Waals surface area contributed by atoms with E-state index in [1.54, 1.807) is 5.01 Å². The first-order valence-electron chi connectivity index (χ1n) is 8.55. The lowest BCUT2D eigenvalue weighted by Crippen LogP contribution is -2.50. The van der Waals surface area contributed by atoms with Crippen molar-refractivity contribution in [3.63, 3.8) is 0 Å². The number of fused-ring (bicyclic) bond motifs is 1. The first-order chi connectivity index (χ1) is 12.8. The van der Waals surface area contributed by atoms with Crippen LogP contribution in [0.5, 0.6) is 0 Å². The number of amides is 1. The van der Waals surface area contributed by atoms with Crippen molar-refractivity contribution < 1.29 is 4.79 Å². The Morgan fingerprint density at radius 3 is 2.27 bits per heavy atom. The zero-order valence-corrected chi connectivity index (χ0v) is 14.2. The van der Waals surface area contributed by atoms with Crippen LogP contribution in [-0.4, -0.2) is 17.1 Å². The maximum Gasteiger partial charge on any atom is 0.276 e. The van der Waals surface area contributed by atoms with Crippen molar-refractivity contribution in [3.05, 3.63) is 102 Å². The van der Waals surface area contributed by atoms with Crippen LogP contribution in [0.15, 0.2) is 91.0 Å². The Morgan fingerprint density at radius 2 is 1.50 bits per heavy atom. The number of hydrogen-bond donors (Lipinski definition) is 2. The summed E-state index contributed by atoms with van der Waals surface area (Å²) >= 11 is 0. The molecule has 0 fully saturated rings. The van der Waals surface area contributed by atoms with E-state index in [4.69, 9.17) is 0 Å². The van der Waals surface area contributed by atoms with Gasteiger partial charge in [-0.05, 0) is 35.9 Å². The first-order valence-corrected chi connectivity index (χ1v) is 8.55. The summed E-state index contributed by atoms with van der Waals surface area (Å²) in [7, 11) is 0. The lowest BCUT2D eigenvalue weighted by atomic mass is 10.1. The molecule has 1 unspecified atom stereocenters. The molecule has 26 heavy (non-hydrogen) atoms. The maximum absolute atomic E-state index is 13.0. The number of hydrazine groups is 1. The van der Waals surface area contributed by atoms with Crippen LogP contribution in [0.1, 0.15) is 15.9 Å². The number of carbonyl (C=O) groups is 1. The van der Waals surface area contributed by atoms with E-state index in [1.165, 1.54) is 0 Å². The van der Waals surface area contributed by atoms with Gasteiger partial charge in [0.25, 0.3) is 5.91 Å². The third-order valence-corrected chi connectivity index (χ3v) is 4.25. The molecular formula is C22H19N3O. The molecule has 3 aromatic carbocycles. The minimum absolute atomic E-state index is 0.0640. The van der Waals surface area contributed by atoms with Gasteiger partial charge in [0.2, 0.25) is 0 Å². The highest BCUT2D eigenvalue weighted by Gasteiger charge is 2.30. The molecule has 0 spiro atoms. The molecule has 1 heterocycles. The van der Waals surface area contributed by atoms with Crippen LogP contribution in [0, 0.1) is 0 Å². The van der Waals surface area contributed by atoms with Crippen molar-refractivity contribution in [2.45, 2.75) is 6.17 Å². The van der Waals surface area contributed by atoms with Crippen molar-refractivity contribution in [1.29, 1.82) is 0 Å². The number of hydrogen-bond acceptors (Lipinski definition) is 3. The molecule has 0 radical (unpaired) electrons. The van der Waals surface area contributed by atoms with Gasteiger partial charge in [-0.2, -0.15) is 0 Å². The van der Waals surface area contributed by atoms with Crippen LogP contribution >= 0.6 is 0 Å². The molecule has 4 heteroatoms. The van der Waals surface area contributed by atoms with Crippen LogP contribution in [0.2, 0.25) is 0 Å². The number of rotatable bonds is 4. The summed E-state index contributed by atoms with van der Waals surface area (Å²) in [6.45, 7) is 0. The zero-order valence-electron chi connectivity index (χ0n) is 14.2. The second-order valence-corrected chi connectivity index (χ2v) is 6.06. The van der Waals surface area contributed by atoms with E-state index in [-0.39, 0.29) is 12.1 Å². The van der Waals surface area contributed by atoms with Crippen LogP contribution < -0.4 is 10.7 Å². The van der Waals surface area contributed by atoms with Gasteiger partial charge in [-0.15, -0.1) is 0 Å². The fourth-order valence-corrected chi connectivity index (χ4v) is 2.95. The third-order valence-electron chi connectivity index (χ3n) is 4.25. The topological polar surface area (TPSA) is 44.4 Å². The van der Waals surface area contributed by atoms with Crippen molar-refractivity contribution in [1.82, 2.24) is 5.01 Å². The predicted octanol–water partition coefficient (Wildman–Crippen LogP) is 4.62. The lowest BCUT2D eigenvalue weighted by Gasteiger charge is -2.36. The largest absolute Gasteiger partial charge is 0.360 e. The van der Waals surface area contributed by atoms with Crippen LogP contribution in [0.25, 0.3) is 6.08 Å². The third kappa shape index (κ3) is 3.30. The van der Waals surface area contributed by atoms with E-state index >= 15 is 0 Å². The number of nitrogens with zero attached hydrogens (tertiary/aromatic N) is 1. The van der Waals surface area contributed by atoms with Gasteiger partial charge in [0.1, 0.15) is 6.17 Å². The Morgan fingerprint density at radius 1 is 0.846 bits per heavy atom. The first kappa shape index (κ1) is 16.0. The summed E-state index contributed by atoms with van der Waals surface area (Å²) in [6.07, 6.45) is 3.69. The molecule has 1 aliphatic rings. The van der Waals surface area contributed by atoms with Gasteiger partial charge in [0, 0.05) is 5.69 Å². The lowest BCUT2D eigenvalue weighted by molar-refractivity contribution is 0.0761. The number of carbonyl (C=O) groups excluding carboxylic acids is 1. The quantitative estimate of drug-likeness (QED) is 0.728. The van der Waals surface area contributed by atoms with E-state index in [9.17, 15) is 4.79 Å². The van der Waals surface area contributed by atoms with E-state index in [2.05, 4.69) is 10.7 Å². The van der Waals surface area contributed by atoms with E-state index in [0.717, 1.165) is 16.9 Å². The SMILES string of the molecule is O=C1c2ccccc2NC(/C=C/c2ccccc2)N1Nc1ccccc1. The number of anilines is 2. The molecule has 1 amide bonds. The molecule has 4 rings (SSSR count). The van der Waals surface area contributed by atoms with Crippen molar-refractivity contribution in [2.24, 2.45) is 0 Å². The van der Waals surface area contributed by atoms with Gasteiger partial charge >= 0.3 is 0 Å². The summed E-state index contributed by atoms with van der Waals surface area (Å²) in [5.41, 5.74) is 6.66. The second-order valence-electron chi connectivity index (χ2n) is 6.06. The maximum atomic E-state index is 13.0. The number of para-hydroxylation sites is 2. The minimum Gasteiger partial charge on any atom is -0.360 e. The van der Waals surface area contributed by atoms with Crippen LogP contribution in [-0.2, 0) is 0 Å². The van der Waals surface area contributed by atoms with Gasteiger partial charge in [-0.1, -0.05) is 66.7 Å². The van der Waals surface area contributed by atoms with Gasteiger partial charge in [0.15, 0.2) is 0 Å². The van der Waals surface area contributed by atoms with Gasteiger partial charge in [-0.3, -0.25) is 10.2 Å². The summed E-state index contributed by atoms with van der Waals surface area (Å²) in [5.74, 6) is -0.0640. The second kappa shape index (κ2) is 7.15. The molecule has 0 bridgehead atoms. The molecule has 3 aromatic rings. The molecule has 4 nitrogen and oxygen atoms in total. The Balaban J connectivity index is 1.66. The summed E-state index contributed by atoms with van der Waals surface area (Å²) in [4.78, 5) is 13.0. The van der Waals surface area contributed by atoms with Crippen molar-refractivity contribution in [3.8, 4) is 0 Å². The minimum atomic E-state index is -0.308. The fraction of sp³-hybridized carbons (Fsp3) is 0.0455. The van der Waals surface area contributed by atoms with Crippen molar-refractivity contribution in [2.75, 3.05) is 10.7 Å². The van der Waals surface area contributed by atoms with Gasteiger partial charge in [-0.25, -0.2) is 5.01 Å². The molecule has 1 aliphatic heterocycles. The highest BCUT2D eigenvalue weighted by Crippen LogP contribution is 2.26. The van der Waals surface area contributed by atoms with E-state index in [0.29, 0.717) is 5.56 Å². The summed E-state index contributed by atoms with van der Waals surface area (Å²) < 4.78 is 0. The van der Waals surface area contributed by atoms with Crippen LogP contribution in [0.3, 0.4) is 0 Å². The van der Waals surface area contributed by atoms with E-state index in [1.807, 2.05) is 97.1 Å². The Hall–Kier alpha value is -3.53. The summed E-state index contributed by atoms with van der Waals surface area (Å²) in [6, 6.07) is 27.3. The van der Waals surface area contributed by atoms with Crippen molar-refractivity contribution >= 4 is 23.4 Å². The number of benzene rings is 3. The summed E-state index contributed by atoms with van der Waals surface area (Å²) in [5, 5.41) is 5.05. The average Bonchev–Trinajstić information content (AvgIpc) is 2.70. The molecule has 0 aromatic heterocycles. The molecule has 0 saturated heterocycles. The number of nitrogens with one attached hydrogen (secondary N) is 2. The molecule has 2 N–H and O–H groups in total. The normalized spacial score (nSPS) is 16.2. The molecule has 0 saturated carbocycles. The molecule has 128 valence electrons. The highest BCUT2D eigenvalue weighted by molar-refractivity contribution is 6.02. The molecule has 0 aliphatic carbocycles. The fourth-order valence-electron chi connectivity index (χ4n) is 2.95. The standard InChI is InChI=1S/C22H19N3O/c26-22-19-13-7-8-14-20(19)23-21(16-15-17-9-3-1-4-10-17)25(22)24-18-11-5-2-6-12-18/h1-16,21,23-24H/b16-15+. The van der Waals surface area contributed by atoms with Gasteiger partial charge in [0.05, 0.1) is 11.3 Å². The Labute approximate surface area is 152 Å². The Kier molecular flexibility index (Phi) is 4.39. The predicted molar refractivity (Wildman–Crippen MR) is 106 cm³/mol. The monoisotopic (exact) mass is 341 g/mol. The van der Waals surface area contributed by atoms with Gasteiger partial charge < -0.3 is 5.32 Å². The molecular weight excluding hydrogens is 322 g/mol. The zero-order chi connectivity index (χ0) is 17.8. The van der Waals surface area contributed by atoms with Crippen LogP contribution in [0.4, 0.5) is 11.4 Å². The molecule has 1 atom stereocenters. The highest BCUT2D eigenvalue weighted by atomic mass is 16.2. The smallest absolute Gasteiger partial charge is 0.276 e. The average molecular weight is 341 g/mol. The Bertz CT molecular complexity index is 922.